The number of hydrogen-bond donors (Lipinski definition) is 2. The molecule has 0 spiro atoms. The van der Waals surface area contributed by atoms with Gasteiger partial charge in [0.25, 0.3) is 11.5 Å². The van der Waals surface area contributed by atoms with Gasteiger partial charge in [-0.2, -0.15) is 13.2 Å². The molecule has 0 fully saturated rings. The first kappa shape index (κ1) is 23.2. The van der Waals surface area contributed by atoms with Crippen molar-refractivity contribution in [2.75, 3.05) is 17.2 Å². The number of aromatic amines is 1. The number of unbranched alkanes of at least 4 members (excludes halogenated alkanes) is 1. The maximum atomic E-state index is 13.0. The zero-order valence-corrected chi connectivity index (χ0v) is 16.9. The van der Waals surface area contributed by atoms with Crippen LogP contribution in [0.4, 0.5) is 24.7 Å². The first-order valence-corrected chi connectivity index (χ1v) is 9.45. The molecule has 2 aromatic heterocycles. The normalized spacial score (nSPS) is 11.7. The van der Waals surface area contributed by atoms with Gasteiger partial charge in [0, 0.05) is 19.3 Å². The Bertz CT molecular complexity index is 1010. The number of nitrogens with one attached hydrogen (secondary N) is 1. The number of aromatic nitrogens is 3. The molecule has 0 aromatic carbocycles. The van der Waals surface area contributed by atoms with E-state index in [9.17, 15) is 27.6 Å². The van der Waals surface area contributed by atoms with Crippen LogP contribution >= 0.6 is 0 Å². The van der Waals surface area contributed by atoms with Gasteiger partial charge in [-0.15, -0.1) is 0 Å². The highest BCUT2D eigenvalue weighted by Gasteiger charge is 2.33. The average molecular weight is 427 g/mol. The monoisotopic (exact) mass is 427 g/mol. The lowest BCUT2D eigenvalue weighted by Crippen LogP contribution is -2.42. The molecule has 0 unspecified atom stereocenters. The minimum Gasteiger partial charge on any atom is -0.383 e. The molecule has 0 saturated heterocycles. The molecular weight excluding hydrogens is 403 g/mol. The van der Waals surface area contributed by atoms with Crippen molar-refractivity contribution in [2.45, 2.75) is 46.3 Å². The number of nitrogens with two attached hydrogens (primary N) is 1. The number of nitrogens with zero attached hydrogens (tertiary/aromatic N) is 3. The minimum absolute atomic E-state index is 0.0302. The fourth-order valence-corrected chi connectivity index (χ4v) is 2.86. The van der Waals surface area contributed by atoms with E-state index in [4.69, 9.17) is 5.73 Å². The number of nitrogen functional groups attached to an aromatic ring is 1. The average Bonchev–Trinajstić information content (AvgIpc) is 2.66. The molecule has 30 heavy (non-hydrogen) atoms. The third kappa shape index (κ3) is 5.08. The number of anilines is 2. The van der Waals surface area contributed by atoms with Gasteiger partial charge in [-0.3, -0.25) is 24.1 Å². The van der Waals surface area contributed by atoms with Crippen molar-refractivity contribution in [1.29, 1.82) is 0 Å². The van der Waals surface area contributed by atoms with E-state index in [2.05, 4.69) is 9.97 Å². The van der Waals surface area contributed by atoms with E-state index in [-0.39, 0.29) is 36.1 Å². The predicted octanol–water partition coefficient (Wildman–Crippen LogP) is 2.64. The summed E-state index contributed by atoms with van der Waals surface area (Å²) < 4.78 is 39.4. The molecule has 0 aliphatic heterocycles. The molecule has 2 rings (SSSR count). The van der Waals surface area contributed by atoms with Gasteiger partial charge in [0.05, 0.1) is 5.56 Å². The third-order valence-electron chi connectivity index (χ3n) is 4.31. The van der Waals surface area contributed by atoms with E-state index < -0.39 is 29.0 Å². The maximum absolute atomic E-state index is 13.0. The molecule has 3 N–H and O–H groups in total. The second kappa shape index (κ2) is 9.14. The van der Waals surface area contributed by atoms with Crippen LogP contribution < -0.4 is 21.9 Å². The molecule has 0 radical (unpaired) electrons. The molecule has 0 aliphatic rings. The number of alkyl halides is 3. The molecule has 0 atom stereocenters. The van der Waals surface area contributed by atoms with Gasteiger partial charge in [-0.1, -0.05) is 27.2 Å². The number of pyridine rings is 1. The number of carbonyl (C=O) groups excluding carboxylic acids is 1. The van der Waals surface area contributed by atoms with Crippen molar-refractivity contribution < 1.29 is 18.0 Å². The number of rotatable bonds is 7. The second-order valence-electron chi connectivity index (χ2n) is 7.24. The van der Waals surface area contributed by atoms with Crippen molar-refractivity contribution in [3.05, 3.63) is 50.4 Å². The Labute approximate surface area is 170 Å². The summed E-state index contributed by atoms with van der Waals surface area (Å²) in [6, 6.07) is 1.68. The SMILES string of the molecule is CCCCN(C(=O)c1ccc(C(F)(F)F)nc1)c1c(N)n(CC(C)C)c(=O)[nH]c1=O. The van der Waals surface area contributed by atoms with Gasteiger partial charge >= 0.3 is 11.9 Å². The van der Waals surface area contributed by atoms with Crippen LogP contribution in [0.15, 0.2) is 27.9 Å². The molecule has 8 nitrogen and oxygen atoms in total. The van der Waals surface area contributed by atoms with Gasteiger partial charge in [0.1, 0.15) is 11.5 Å². The van der Waals surface area contributed by atoms with Crippen LogP contribution in [0, 0.1) is 5.92 Å². The largest absolute Gasteiger partial charge is 0.433 e. The van der Waals surface area contributed by atoms with Gasteiger partial charge in [0.2, 0.25) is 0 Å². The van der Waals surface area contributed by atoms with Crippen molar-refractivity contribution in [2.24, 2.45) is 5.92 Å². The standard InChI is InChI=1S/C19H24F3N5O3/c1-4-5-8-26(17(29)12-6-7-13(24-9-12)19(20,21)22)14-15(23)27(10-11(2)3)18(30)25-16(14)28/h6-7,9,11H,4-5,8,10,23H2,1-3H3,(H,25,28,30). The van der Waals surface area contributed by atoms with Crippen LogP contribution in [0.3, 0.4) is 0 Å². The third-order valence-corrected chi connectivity index (χ3v) is 4.31. The van der Waals surface area contributed by atoms with Crippen LogP contribution in [0.5, 0.6) is 0 Å². The zero-order chi connectivity index (χ0) is 22.6. The summed E-state index contributed by atoms with van der Waals surface area (Å²) in [6.45, 7) is 5.88. The number of halogens is 3. The highest BCUT2D eigenvalue weighted by atomic mass is 19.4. The van der Waals surface area contributed by atoms with E-state index in [1.807, 2.05) is 20.8 Å². The molecule has 0 bridgehead atoms. The number of hydrogen-bond acceptors (Lipinski definition) is 5. The van der Waals surface area contributed by atoms with Crippen LogP contribution in [0.1, 0.15) is 49.7 Å². The van der Waals surface area contributed by atoms with Gasteiger partial charge in [-0.25, -0.2) is 4.79 Å². The van der Waals surface area contributed by atoms with Crippen LogP contribution in [0.2, 0.25) is 0 Å². The predicted molar refractivity (Wildman–Crippen MR) is 106 cm³/mol. The number of H-pyrrole nitrogens is 1. The Morgan fingerprint density at radius 3 is 2.47 bits per heavy atom. The summed E-state index contributed by atoms with van der Waals surface area (Å²) in [6.07, 6.45) is -2.66. The summed E-state index contributed by atoms with van der Waals surface area (Å²) in [5.41, 5.74) is 3.05. The first-order valence-electron chi connectivity index (χ1n) is 9.45. The second-order valence-corrected chi connectivity index (χ2v) is 7.24. The van der Waals surface area contributed by atoms with Crippen LogP contribution in [-0.2, 0) is 12.7 Å². The molecule has 11 heteroatoms. The first-order chi connectivity index (χ1) is 14.0. The summed E-state index contributed by atoms with van der Waals surface area (Å²) in [5.74, 6) is -0.888. The fraction of sp³-hybridized carbons (Fsp3) is 0.474. The van der Waals surface area contributed by atoms with Gasteiger partial charge in [0.15, 0.2) is 5.69 Å². The summed E-state index contributed by atoms with van der Waals surface area (Å²) in [5, 5.41) is 0. The summed E-state index contributed by atoms with van der Waals surface area (Å²) in [7, 11) is 0. The molecule has 0 aliphatic carbocycles. The van der Waals surface area contributed by atoms with Crippen molar-refractivity contribution in [3.63, 3.8) is 0 Å². The fourth-order valence-electron chi connectivity index (χ4n) is 2.86. The topological polar surface area (TPSA) is 114 Å². The van der Waals surface area contributed by atoms with Crippen molar-refractivity contribution >= 4 is 17.4 Å². The highest BCUT2D eigenvalue weighted by molar-refractivity contribution is 6.07. The van der Waals surface area contributed by atoms with E-state index in [0.717, 1.165) is 17.2 Å². The van der Waals surface area contributed by atoms with Gasteiger partial charge < -0.3 is 10.6 Å². The van der Waals surface area contributed by atoms with E-state index in [1.165, 1.54) is 4.57 Å². The molecule has 2 aromatic rings. The van der Waals surface area contributed by atoms with Gasteiger partial charge in [-0.05, 0) is 24.5 Å². The number of carbonyl (C=O) groups is 1. The van der Waals surface area contributed by atoms with E-state index in [0.29, 0.717) is 18.9 Å². The molecular formula is C19H24F3N5O3. The van der Waals surface area contributed by atoms with Crippen LogP contribution in [0.25, 0.3) is 0 Å². The lowest BCUT2D eigenvalue weighted by Gasteiger charge is -2.25. The van der Waals surface area contributed by atoms with Crippen LogP contribution in [-0.4, -0.2) is 27.0 Å². The Hall–Kier alpha value is -3.11. The number of amides is 1. The summed E-state index contributed by atoms with van der Waals surface area (Å²) >= 11 is 0. The minimum atomic E-state index is -4.64. The Kier molecular flexibility index (Phi) is 7.06. The lowest BCUT2D eigenvalue weighted by atomic mass is 10.2. The Morgan fingerprint density at radius 2 is 1.97 bits per heavy atom. The van der Waals surface area contributed by atoms with E-state index >= 15 is 0 Å². The summed E-state index contributed by atoms with van der Waals surface area (Å²) in [4.78, 5) is 44.3. The zero-order valence-electron chi connectivity index (χ0n) is 16.9. The lowest BCUT2D eigenvalue weighted by molar-refractivity contribution is -0.141. The Morgan fingerprint density at radius 1 is 1.30 bits per heavy atom. The smallest absolute Gasteiger partial charge is 0.383 e. The van der Waals surface area contributed by atoms with Crippen molar-refractivity contribution in [1.82, 2.24) is 14.5 Å². The molecule has 164 valence electrons. The quantitative estimate of drug-likeness (QED) is 0.705. The molecule has 1 amide bonds. The molecule has 2 heterocycles. The highest BCUT2D eigenvalue weighted by Crippen LogP contribution is 2.28. The molecule has 0 saturated carbocycles. The van der Waals surface area contributed by atoms with E-state index in [1.54, 1.807) is 0 Å². The maximum Gasteiger partial charge on any atom is 0.433 e. The Balaban J connectivity index is 2.56. The van der Waals surface area contributed by atoms with Crippen molar-refractivity contribution in [3.8, 4) is 0 Å².